The third-order valence-corrected chi connectivity index (χ3v) is 10.5. The molecular weight excluding hydrogens is 352 g/mol. The van der Waals surface area contributed by atoms with E-state index < -0.39 is 14.4 Å². The van der Waals surface area contributed by atoms with Crippen LogP contribution in [0.3, 0.4) is 0 Å². The zero-order chi connectivity index (χ0) is 21.6. The first-order chi connectivity index (χ1) is 12.2. The Morgan fingerprint density at radius 2 is 1.74 bits per heavy atom. The van der Waals surface area contributed by atoms with Gasteiger partial charge in [-0.05, 0) is 43.5 Å². The van der Waals surface area contributed by atoms with Crippen LogP contribution in [0.1, 0.15) is 68.2 Å². The van der Waals surface area contributed by atoms with Crippen LogP contribution in [-0.2, 0) is 9.22 Å². The van der Waals surface area contributed by atoms with Crippen molar-refractivity contribution in [2.24, 2.45) is 17.8 Å². The average molecular weight is 397 g/mol. The highest BCUT2D eigenvalue weighted by Gasteiger charge is 2.42. The van der Waals surface area contributed by atoms with Gasteiger partial charge in [-0.1, -0.05) is 66.7 Å². The number of carbonyl (C=O) groups is 1. The summed E-state index contributed by atoms with van der Waals surface area (Å²) in [5, 5.41) is 11.1. The Morgan fingerprint density at radius 3 is 2.15 bits per heavy atom. The van der Waals surface area contributed by atoms with Gasteiger partial charge in [0.2, 0.25) is 0 Å². The zero-order valence-electron chi connectivity index (χ0n) is 19.4. The van der Waals surface area contributed by atoms with Crippen molar-refractivity contribution in [3.05, 3.63) is 23.8 Å². The minimum absolute atomic E-state index is 0.00553. The first-order valence-corrected chi connectivity index (χ1v) is 13.2. The fraction of sp³-hybridized carbons (Fsp3) is 0.783. The van der Waals surface area contributed by atoms with E-state index in [-0.39, 0.29) is 28.9 Å². The molecule has 0 saturated heterocycles. The highest BCUT2D eigenvalue weighted by Crippen LogP contribution is 2.40. The molecule has 0 radical (unpaired) electrons. The van der Waals surface area contributed by atoms with Crippen molar-refractivity contribution in [3.63, 3.8) is 0 Å². The van der Waals surface area contributed by atoms with Gasteiger partial charge in [-0.3, -0.25) is 0 Å². The third-order valence-electron chi connectivity index (χ3n) is 6.06. The topological polar surface area (TPSA) is 46.5 Å². The van der Waals surface area contributed by atoms with Gasteiger partial charge in [0, 0.05) is 17.8 Å². The quantitative estimate of drug-likeness (QED) is 0.259. The fourth-order valence-electron chi connectivity index (χ4n) is 3.09. The van der Waals surface area contributed by atoms with E-state index in [4.69, 9.17) is 4.43 Å². The van der Waals surface area contributed by atoms with E-state index in [1.165, 1.54) is 0 Å². The molecule has 0 aliphatic carbocycles. The zero-order valence-corrected chi connectivity index (χ0v) is 20.4. The highest BCUT2D eigenvalue weighted by atomic mass is 28.4. The maximum Gasteiger partial charge on any atom is 0.192 e. The monoisotopic (exact) mass is 396 g/mol. The lowest BCUT2D eigenvalue weighted by molar-refractivity contribution is -0.110. The van der Waals surface area contributed by atoms with Crippen LogP contribution in [0.4, 0.5) is 0 Å². The molecule has 5 atom stereocenters. The van der Waals surface area contributed by atoms with Gasteiger partial charge in [0.05, 0.1) is 12.2 Å². The summed E-state index contributed by atoms with van der Waals surface area (Å²) in [6.45, 7) is 25.6. The second-order valence-corrected chi connectivity index (χ2v) is 14.6. The molecule has 0 aliphatic heterocycles. The van der Waals surface area contributed by atoms with Crippen molar-refractivity contribution in [1.29, 1.82) is 0 Å². The molecule has 0 saturated carbocycles. The molecule has 0 aliphatic rings. The molecule has 27 heavy (non-hydrogen) atoms. The van der Waals surface area contributed by atoms with Crippen molar-refractivity contribution in [2.75, 3.05) is 0 Å². The summed E-state index contributed by atoms with van der Waals surface area (Å²) in [6.07, 6.45) is 3.99. The summed E-state index contributed by atoms with van der Waals surface area (Å²) < 4.78 is 6.69. The average Bonchev–Trinajstić information content (AvgIpc) is 2.56. The van der Waals surface area contributed by atoms with Crippen LogP contribution < -0.4 is 0 Å². The summed E-state index contributed by atoms with van der Waals surface area (Å²) in [5.41, 5.74) is 2.19. The van der Waals surface area contributed by atoms with Crippen molar-refractivity contribution in [1.82, 2.24) is 0 Å². The molecule has 0 heterocycles. The molecule has 0 aromatic carbocycles. The molecule has 0 bridgehead atoms. The molecule has 0 rings (SSSR count). The van der Waals surface area contributed by atoms with Crippen molar-refractivity contribution in [3.8, 4) is 0 Å². The number of hydrogen-bond acceptors (Lipinski definition) is 3. The van der Waals surface area contributed by atoms with Gasteiger partial charge in [0.1, 0.15) is 6.29 Å². The van der Waals surface area contributed by atoms with Crippen LogP contribution >= 0.6 is 0 Å². The van der Waals surface area contributed by atoms with Gasteiger partial charge in [0.25, 0.3) is 0 Å². The maximum atomic E-state index is 11.0. The molecule has 1 N–H and O–H groups in total. The standard InChI is InChI=1S/C23H44O3Si/c1-12-18(4)22(26-27(10,11)23(7,8)9)20(6)21(25)19(5)14-16(2)13-17(3)15-24/h14-15,17,19-22,25H,4,12-13H2,1-3,5-11H3/b16-14+/t17-,19+,20+,21?,22+/m0/s1. The lowest BCUT2D eigenvalue weighted by Gasteiger charge is -2.42. The highest BCUT2D eigenvalue weighted by molar-refractivity contribution is 6.74. The van der Waals surface area contributed by atoms with E-state index in [0.29, 0.717) is 0 Å². The van der Waals surface area contributed by atoms with Crippen LogP contribution in [0.15, 0.2) is 23.8 Å². The Balaban J connectivity index is 5.43. The maximum absolute atomic E-state index is 11.0. The lowest BCUT2D eigenvalue weighted by Crippen LogP contribution is -2.48. The van der Waals surface area contributed by atoms with Crippen molar-refractivity contribution < 1.29 is 14.3 Å². The SMILES string of the molecule is C=C(CC)[C@@H](O[Si](C)(C)C(C)(C)C)[C@H](C)C(O)[C@H](C)/C=C(\C)C[C@H](C)C=O. The van der Waals surface area contributed by atoms with Gasteiger partial charge in [-0.15, -0.1) is 0 Å². The largest absolute Gasteiger partial charge is 0.410 e. The number of allylic oxidation sites excluding steroid dienone is 1. The number of aliphatic hydroxyl groups is 1. The van der Waals surface area contributed by atoms with Crippen LogP contribution in [0.5, 0.6) is 0 Å². The van der Waals surface area contributed by atoms with Crippen LogP contribution in [-0.4, -0.2) is 31.9 Å². The van der Waals surface area contributed by atoms with Crippen molar-refractivity contribution >= 4 is 14.6 Å². The van der Waals surface area contributed by atoms with Crippen LogP contribution in [0.2, 0.25) is 18.1 Å². The molecule has 3 nitrogen and oxygen atoms in total. The summed E-state index contributed by atoms with van der Waals surface area (Å²) in [5.74, 6) is -0.0410. The van der Waals surface area contributed by atoms with E-state index in [1.54, 1.807) is 0 Å². The molecule has 0 aromatic heterocycles. The Hall–Kier alpha value is -0.713. The van der Waals surface area contributed by atoms with Gasteiger partial charge in [-0.2, -0.15) is 0 Å². The van der Waals surface area contributed by atoms with Crippen molar-refractivity contribution in [2.45, 2.75) is 98.6 Å². The molecular formula is C23H44O3Si. The minimum atomic E-state index is -1.98. The minimum Gasteiger partial charge on any atom is -0.410 e. The molecule has 1 unspecified atom stereocenters. The Morgan fingerprint density at radius 1 is 1.22 bits per heavy atom. The van der Waals surface area contributed by atoms with Gasteiger partial charge < -0.3 is 14.3 Å². The fourth-order valence-corrected chi connectivity index (χ4v) is 4.46. The van der Waals surface area contributed by atoms with E-state index in [0.717, 1.165) is 30.3 Å². The number of aldehydes is 1. The normalized spacial score (nSPS) is 19.1. The summed E-state index contributed by atoms with van der Waals surface area (Å²) >= 11 is 0. The van der Waals surface area contributed by atoms with Gasteiger partial charge in [-0.25, -0.2) is 0 Å². The second-order valence-electron chi connectivity index (χ2n) is 9.85. The molecule has 4 heteroatoms. The number of hydrogen-bond donors (Lipinski definition) is 1. The molecule has 0 spiro atoms. The first kappa shape index (κ1) is 26.3. The molecule has 0 fully saturated rings. The second kappa shape index (κ2) is 10.7. The van der Waals surface area contributed by atoms with E-state index in [2.05, 4.69) is 60.4 Å². The lowest BCUT2D eigenvalue weighted by atomic mass is 9.85. The summed E-state index contributed by atoms with van der Waals surface area (Å²) in [6, 6.07) is 0. The van der Waals surface area contributed by atoms with E-state index in [9.17, 15) is 9.90 Å². The number of aliphatic hydroxyl groups excluding tert-OH is 1. The smallest absolute Gasteiger partial charge is 0.192 e. The molecule has 158 valence electrons. The van der Waals surface area contributed by atoms with Crippen LogP contribution in [0, 0.1) is 17.8 Å². The molecule has 0 aromatic rings. The Labute approximate surface area is 169 Å². The number of rotatable bonds is 11. The summed E-state index contributed by atoms with van der Waals surface area (Å²) in [7, 11) is -1.98. The predicted molar refractivity (Wildman–Crippen MR) is 119 cm³/mol. The third kappa shape index (κ3) is 8.04. The van der Waals surface area contributed by atoms with Gasteiger partial charge in [0.15, 0.2) is 8.32 Å². The summed E-state index contributed by atoms with van der Waals surface area (Å²) in [4.78, 5) is 10.9. The van der Waals surface area contributed by atoms with Gasteiger partial charge >= 0.3 is 0 Å². The first-order valence-electron chi connectivity index (χ1n) is 10.3. The Kier molecular flexibility index (Phi) is 10.4. The Bertz CT molecular complexity index is 516. The van der Waals surface area contributed by atoms with Crippen LogP contribution in [0.25, 0.3) is 0 Å². The molecule has 0 amide bonds. The predicted octanol–water partition coefficient (Wildman–Crippen LogP) is 6.15. The number of carbonyl (C=O) groups excluding carboxylic acids is 1. The van der Waals surface area contributed by atoms with E-state index in [1.807, 2.05) is 20.8 Å². The van der Waals surface area contributed by atoms with E-state index >= 15 is 0 Å².